The van der Waals surface area contributed by atoms with Crippen molar-refractivity contribution in [2.45, 2.75) is 38.5 Å². The van der Waals surface area contributed by atoms with Gasteiger partial charge in [0.2, 0.25) is 5.88 Å². The summed E-state index contributed by atoms with van der Waals surface area (Å²) in [4.78, 5) is 32.3. The lowest BCUT2D eigenvalue weighted by molar-refractivity contribution is -0.121. The van der Waals surface area contributed by atoms with Crippen molar-refractivity contribution in [3.8, 4) is 11.9 Å². The third-order valence-corrected chi connectivity index (χ3v) is 5.67. The molecule has 3 atom stereocenters. The number of rotatable bonds is 4. The van der Waals surface area contributed by atoms with Crippen molar-refractivity contribution in [2.24, 2.45) is 11.8 Å². The van der Waals surface area contributed by atoms with Gasteiger partial charge in [-0.15, -0.1) is 0 Å². The van der Waals surface area contributed by atoms with E-state index >= 15 is 0 Å². The molecule has 27 heavy (non-hydrogen) atoms. The van der Waals surface area contributed by atoms with Gasteiger partial charge in [0.25, 0.3) is 0 Å². The number of amides is 1. The zero-order chi connectivity index (χ0) is 19.8. The van der Waals surface area contributed by atoms with Crippen LogP contribution in [0.4, 0.5) is 4.79 Å². The third kappa shape index (κ3) is 3.14. The molecule has 0 fully saturated rings. The van der Waals surface area contributed by atoms with Crippen LogP contribution in [0.25, 0.3) is 0 Å². The van der Waals surface area contributed by atoms with Crippen LogP contribution in [0.2, 0.25) is 0 Å². The van der Waals surface area contributed by atoms with E-state index in [1.54, 1.807) is 13.2 Å². The molecule has 3 rings (SSSR count). The second-order valence-corrected chi connectivity index (χ2v) is 7.21. The fourth-order valence-electron chi connectivity index (χ4n) is 4.35. The Morgan fingerprint density at radius 3 is 2.89 bits per heavy atom. The molecule has 8 heteroatoms. The van der Waals surface area contributed by atoms with Crippen molar-refractivity contribution in [1.29, 1.82) is 5.26 Å². The number of Topliss-reactive ketones (excluding diaryl/α,β-unsaturated/α-hetero) is 1. The molecule has 0 radical (unpaired) electrons. The molecule has 1 aromatic heterocycles. The number of nitrogens with one attached hydrogen (secondary N) is 1. The summed E-state index contributed by atoms with van der Waals surface area (Å²) in [7, 11) is 1.54. The molecule has 0 bridgehead atoms. The largest absolute Gasteiger partial charge is 0.481 e. The van der Waals surface area contributed by atoms with E-state index < -0.39 is 11.5 Å². The second kappa shape index (κ2) is 6.99. The number of carboxylic acid groups (broad SMARTS) is 1. The SMILES string of the molecule is COc1nc(CCNC(=O)O)nc2c1CC[C@@H]1[C@@H](C)C(=O)C(C#N)=C[C@@]21C. The van der Waals surface area contributed by atoms with Crippen LogP contribution in [0.15, 0.2) is 11.6 Å². The number of ether oxygens (including phenoxy) is 1. The normalized spacial score (nSPS) is 26.3. The fraction of sp³-hybridized carbons (Fsp3) is 0.526. The molecule has 8 nitrogen and oxygen atoms in total. The van der Waals surface area contributed by atoms with Gasteiger partial charge in [-0.1, -0.05) is 19.9 Å². The predicted molar refractivity (Wildman–Crippen MR) is 95.3 cm³/mol. The first-order valence-corrected chi connectivity index (χ1v) is 8.90. The molecule has 0 unspecified atom stereocenters. The molecule has 1 aromatic rings. The van der Waals surface area contributed by atoms with E-state index in [0.29, 0.717) is 24.5 Å². The molecular weight excluding hydrogens is 348 g/mol. The van der Waals surface area contributed by atoms with Crippen molar-refractivity contribution >= 4 is 11.9 Å². The lowest BCUT2D eigenvalue weighted by Gasteiger charge is -2.45. The molecule has 142 valence electrons. The van der Waals surface area contributed by atoms with E-state index in [4.69, 9.17) is 14.8 Å². The van der Waals surface area contributed by atoms with Crippen molar-refractivity contribution in [3.05, 3.63) is 28.7 Å². The summed E-state index contributed by atoms with van der Waals surface area (Å²) in [6.45, 7) is 4.06. The number of ketones is 1. The number of allylic oxidation sites excluding steroid dienone is 2. The summed E-state index contributed by atoms with van der Waals surface area (Å²) in [5.41, 5.74) is 1.25. The van der Waals surface area contributed by atoms with Gasteiger partial charge in [-0.25, -0.2) is 9.78 Å². The lowest BCUT2D eigenvalue weighted by atomic mass is 9.58. The van der Waals surface area contributed by atoms with Crippen LogP contribution >= 0.6 is 0 Å². The van der Waals surface area contributed by atoms with E-state index in [9.17, 15) is 14.9 Å². The maximum atomic E-state index is 12.4. The zero-order valence-corrected chi connectivity index (χ0v) is 15.6. The molecule has 0 saturated carbocycles. The van der Waals surface area contributed by atoms with Gasteiger partial charge in [0.05, 0.1) is 18.4 Å². The average molecular weight is 370 g/mol. The number of nitrogens with zero attached hydrogens (tertiary/aromatic N) is 3. The van der Waals surface area contributed by atoms with Crippen LogP contribution < -0.4 is 10.1 Å². The van der Waals surface area contributed by atoms with E-state index in [-0.39, 0.29) is 29.7 Å². The Balaban J connectivity index is 2.10. The monoisotopic (exact) mass is 370 g/mol. The Hall–Kier alpha value is -2.95. The molecule has 0 aromatic carbocycles. The molecule has 2 aliphatic carbocycles. The van der Waals surface area contributed by atoms with Crippen LogP contribution in [0.1, 0.15) is 37.4 Å². The van der Waals surface area contributed by atoms with E-state index in [0.717, 1.165) is 17.7 Å². The predicted octanol–water partition coefficient (Wildman–Crippen LogP) is 1.78. The Morgan fingerprint density at radius 1 is 1.52 bits per heavy atom. The third-order valence-electron chi connectivity index (χ3n) is 5.67. The van der Waals surface area contributed by atoms with E-state index in [1.165, 1.54) is 0 Å². The van der Waals surface area contributed by atoms with Crippen LogP contribution in [0, 0.1) is 23.2 Å². The molecular formula is C19H22N4O4. The van der Waals surface area contributed by atoms with Gasteiger partial charge in [0.1, 0.15) is 11.9 Å². The van der Waals surface area contributed by atoms with Crippen LogP contribution in [0.5, 0.6) is 5.88 Å². The number of methoxy groups -OCH3 is 1. The summed E-state index contributed by atoms with van der Waals surface area (Å²) in [6, 6.07) is 2.02. The fourth-order valence-corrected chi connectivity index (χ4v) is 4.35. The maximum Gasteiger partial charge on any atom is 0.404 e. The Bertz CT molecular complexity index is 873. The van der Waals surface area contributed by atoms with Crippen LogP contribution in [-0.2, 0) is 23.1 Å². The topological polar surface area (TPSA) is 125 Å². The first-order chi connectivity index (χ1) is 12.8. The Labute approximate surface area is 157 Å². The molecule has 0 aliphatic heterocycles. The first kappa shape index (κ1) is 18.8. The van der Waals surface area contributed by atoms with Gasteiger partial charge in [-0.2, -0.15) is 10.2 Å². The minimum atomic E-state index is -1.10. The van der Waals surface area contributed by atoms with Gasteiger partial charge in [0.15, 0.2) is 5.78 Å². The van der Waals surface area contributed by atoms with Gasteiger partial charge < -0.3 is 15.2 Å². The summed E-state index contributed by atoms with van der Waals surface area (Å²) >= 11 is 0. The van der Waals surface area contributed by atoms with Crippen molar-refractivity contribution < 1.29 is 19.4 Å². The van der Waals surface area contributed by atoms with Gasteiger partial charge in [-0.3, -0.25) is 4.79 Å². The lowest BCUT2D eigenvalue weighted by Crippen LogP contribution is -2.46. The quantitative estimate of drug-likeness (QED) is 0.827. The van der Waals surface area contributed by atoms with E-state index in [1.807, 2.05) is 19.9 Å². The summed E-state index contributed by atoms with van der Waals surface area (Å²) in [5.74, 6) is 0.606. The maximum absolute atomic E-state index is 12.4. The zero-order valence-electron chi connectivity index (χ0n) is 15.6. The molecule has 2 aliphatic rings. The molecule has 2 N–H and O–H groups in total. The summed E-state index contributed by atoms with van der Waals surface area (Å²) in [6.07, 6.45) is 2.43. The van der Waals surface area contributed by atoms with Crippen molar-refractivity contribution in [3.63, 3.8) is 0 Å². The molecule has 1 heterocycles. The number of hydrogen-bond donors (Lipinski definition) is 2. The summed E-state index contributed by atoms with van der Waals surface area (Å²) in [5, 5.41) is 20.4. The standard InChI is InChI=1S/C19H22N4O4/c1-10-13-5-4-12-16(19(13,2)8-11(9-20)15(10)24)22-14(23-17(12)27-3)6-7-21-18(25)26/h8,10,13,21H,4-7H2,1-3H3,(H,25,26)/t10-,13-,19-/m1/s1. The van der Waals surface area contributed by atoms with Crippen LogP contribution in [0.3, 0.4) is 0 Å². The number of nitriles is 1. The molecule has 1 amide bonds. The second-order valence-electron chi connectivity index (χ2n) is 7.21. The number of carbonyl (C=O) groups is 2. The number of carbonyl (C=O) groups excluding carboxylic acids is 1. The van der Waals surface area contributed by atoms with E-state index in [2.05, 4.69) is 10.3 Å². The average Bonchev–Trinajstić information content (AvgIpc) is 2.64. The minimum Gasteiger partial charge on any atom is -0.481 e. The van der Waals surface area contributed by atoms with Gasteiger partial charge in [0, 0.05) is 29.9 Å². The van der Waals surface area contributed by atoms with Gasteiger partial charge >= 0.3 is 6.09 Å². The Morgan fingerprint density at radius 2 is 2.26 bits per heavy atom. The number of aromatic nitrogens is 2. The summed E-state index contributed by atoms with van der Waals surface area (Å²) < 4.78 is 5.47. The minimum absolute atomic E-state index is 0.0409. The van der Waals surface area contributed by atoms with Crippen molar-refractivity contribution in [2.75, 3.05) is 13.7 Å². The highest BCUT2D eigenvalue weighted by molar-refractivity contribution is 6.02. The number of hydrogen-bond acceptors (Lipinski definition) is 6. The Kier molecular flexibility index (Phi) is 4.87. The van der Waals surface area contributed by atoms with Crippen LogP contribution in [-0.4, -0.2) is 40.6 Å². The first-order valence-electron chi connectivity index (χ1n) is 8.90. The van der Waals surface area contributed by atoms with Gasteiger partial charge in [-0.05, 0) is 18.8 Å². The molecule has 0 saturated heterocycles. The highest BCUT2D eigenvalue weighted by atomic mass is 16.5. The van der Waals surface area contributed by atoms with Crippen molar-refractivity contribution in [1.82, 2.24) is 15.3 Å². The highest BCUT2D eigenvalue weighted by Crippen LogP contribution is 2.50. The number of fused-ring (bicyclic) bond motifs is 3. The highest BCUT2D eigenvalue weighted by Gasteiger charge is 2.49. The smallest absolute Gasteiger partial charge is 0.404 e. The molecule has 0 spiro atoms.